The van der Waals surface area contributed by atoms with Crippen LogP contribution in [0.1, 0.15) is 47.5 Å². The first kappa shape index (κ1) is 13.1. The Morgan fingerprint density at radius 3 is 2.41 bits per heavy atom. The first-order valence-electron chi connectivity index (χ1n) is 6.71. The molecule has 0 heterocycles. The molecule has 0 unspecified atom stereocenters. The minimum absolute atomic E-state index is 0.224. The van der Waals surface area contributed by atoms with Crippen LogP contribution in [-0.4, -0.2) is 12.2 Å². The molecular weight excluding hydrogens is 212 g/mol. The topological polar surface area (TPSA) is 18.5 Å². The standard InChI is InChI=1S/C15H26O2/c1-10-11(9-16-17-14(2,3)4)7-12-8-13(10)15(12,5)6/h11-13H,1,7-9H2,2-6H3/t11-,12+,13+/m1/s1. The van der Waals surface area contributed by atoms with E-state index in [-0.39, 0.29) is 5.60 Å². The highest BCUT2D eigenvalue weighted by Gasteiger charge is 2.54. The van der Waals surface area contributed by atoms with E-state index in [0.29, 0.717) is 23.9 Å². The van der Waals surface area contributed by atoms with Crippen molar-refractivity contribution in [1.29, 1.82) is 0 Å². The summed E-state index contributed by atoms with van der Waals surface area (Å²) >= 11 is 0. The monoisotopic (exact) mass is 238 g/mol. The molecule has 3 atom stereocenters. The number of hydrogen-bond donors (Lipinski definition) is 0. The zero-order valence-corrected chi connectivity index (χ0v) is 11.9. The van der Waals surface area contributed by atoms with Gasteiger partial charge in [-0.3, -0.25) is 0 Å². The van der Waals surface area contributed by atoms with Crippen LogP contribution in [0.15, 0.2) is 12.2 Å². The summed E-state index contributed by atoms with van der Waals surface area (Å²) in [6.45, 7) is 15.7. The van der Waals surface area contributed by atoms with Gasteiger partial charge in [0, 0.05) is 5.92 Å². The normalized spacial score (nSPS) is 35.6. The highest BCUT2D eigenvalue weighted by atomic mass is 17.2. The molecule has 0 aromatic rings. The number of hydrogen-bond acceptors (Lipinski definition) is 2. The Balaban J connectivity index is 1.83. The molecule has 0 aromatic heterocycles. The van der Waals surface area contributed by atoms with Crippen LogP contribution in [0.2, 0.25) is 0 Å². The number of fused-ring (bicyclic) bond motifs is 2. The first-order valence-corrected chi connectivity index (χ1v) is 6.71. The van der Waals surface area contributed by atoms with Gasteiger partial charge in [-0.05, 0) is 50.9 Å². The molecule has 2 heteroatoms. The van der Waals surface area contributed by atoms with Gasteiger partial charge >= 0.3 is 0 Å². The average Bonchev–Trinajstić information content (AvgIpc) is 2.17. The van der Waals surface area contributed by atoms with Gasteiger partial charge in [0.2, 0.25) is 0 Å². The zero-order valence-electron chi connectivity index (χ0n) is 11.9. The van der Waals surface area contributed by atoms with E-state index in [1.165, 1.54) is 18.4 Å². The SMILES string of the molecule is C=C1[C@@H](COOC(C)(C)C)C[C@H]2C[C@@H]1C2(C)C. The summed E-state index contributed by atoms with van der Waals surface area (Å²) < 4.78 is 0. The van der Waals surface area contributed by atoms with Crippen LogP contribution in [0.5, 0.6) is 0 Å². The molecule has 0 amide bonds. The van der Waals surface area contributed by atoms with Crippen LogP contribution >= 0.6 is 0 Å². The highest BCUT2D eigenvalue weighted by molar-refractivity contribution is 5.22. The minimum Gasteiger partial charge on any atom is -0.236 e. The molecule has 0 N–H and O–H groups in total. The minimum atomic E-state index is -0.224. The second-order valence-electron chi connectivity index (χ2n) is 7.29. The smallest absolute Gasteiger partial charge is 0.0952 e. The molecule has 3 fully saturated rings. The van der Waals surface area contributed by atoms with Crippen LogP contribution < -0.4 is 0 Å². The second kappa shape index (κ2) is 4.10. The molecule has 0 aliphatic heterocycles. The van der Waals surface area contributed by atoms with E-state index in [1.54, 1.807) is 0 Å². The van der Waals surface area contributed by atoms with Crippen molar-refractivity contribution in [2.45, 2.75) is 53.1 Å². The second-order valence-corrected chi connectivity index (χ2v) is 7.29. The maximum absolute atomic E-state index is 5.38. The molecule has 2 nitrogen and oxygen atoms in total. The van der Waals surface area contributed by atoms with Crippen molar-refractivity contribution in [3.8, 4) is 0 Å². The quantitative estimate of drug-likeness (QED) is 0.421. The first-order chi connectivity index (χ1) is 7.72. The van der Waals surface area contributed by atoms with E-state index >= 15 is 0 Å². The molecule has 0 radical (unpaired) electrons. The maximum atomic E-state index is 5.38. The van der Waals surface area contributed by atoms with Crippen LogP contribution in [0, 0.1) is 23.2 Å². The van der Waals surface area contributed by atoms with Crippen molar-refractivity contribution in [2.24, 2.45) is 23.2 Å². The molecule has 17 heavy (non-hydrogen) atoms. The largest absolute Gasteiger partial charge is 0.236 e. The summed E-state index contributed by atoms with van der Waals surface area (Å²) in [6, 6.07) is 0. The fourth-order valence-corrected chi connectivity index (χ4v) is 3.29. The molecule has 2 bridgehead atoms. The van der Waals surface area contributed by atoms with Gasteiger partial charge < -0.3 is 0 Å². The van der Waals surface area contributed by atoms with Gasteiger partial charge in [0.15, 0.2) is 0 Å². The molecular formula is C15H26O2. The lowest BCUT2D eigenvalue weighted by atomic mass is 9.45. The predicted molar refractivity (Wildman–Crippen MR) is 69.4 cm³/mol. The Labute approximate surface area is 105 Å². The van der Waals surface area contributed by atoms with Crippen molar-refractivity contribution in [3.05, 3.63) is 12.2 Å². The van der Waals surface area contributed by atoms with Crippen LogP contribution in [-0.2, 0) is 9.78 Å². The fourth-order valence-electron chi connectivity index (χ4n) is 3.29. The molecule has 0 spiro atoms. The van der Waals surface area contributed by atoms with Gasteiger partial charge in [0.1, 0.15) is 0 Å². The van der Waals surface area contributed by atoms with Crippen LogP contribution in [0.4, 0.5) is 0 Å². The summed E-state index contributed by atoms with van der Waals surface area (Å²) in [5, 5.41) is 0. The van der Waals surface area contributed by atoms with Gasteiger partial charge in [-0.15, -0.1) is 0 Å². The van der Waals surface area contributed by atoms with Crippen molar-refractivity contribution in [3.63, 3.8) is 0 Å². The van der Waals surface area contributed by atoms with Crippen molar-refractivity contribution in [1.82, 2.24) is 0 Å². The Bertz CT molecular complexity index is 311. The lowest BCUT2D eigenvalue weighted by Crippen LogP contribution is -2.52. The van der Waals surface area contributed by atoms with Crippen LogP contribution in [0.25, 0.3) is 0 Å². The van der Waals surface area contributed by atoms with Crippen molar-refractivity contribution >= 4 is 0 Å². The third-order valence-electron chi connectivity index (χ3n) is 4.59. The molecule has 98 valence electrons. The third kappa shape index (κ3) is 2.43. The summed E-state index contributed by atoms with van der Waals surface area (Å²) in [4.78, 5) is 10.7. The fraction of sp³-hybridized carbons (Fsp3) is 0.867. The molecule has 0 saturated heterocycles. The van der Waals surface area contributed by atoms with E-state index in [1.807, 2.05) is 20.8 Å². The number of rotatable bonds is 3. The van der Waals surface area contributed by atoms with Gasteiger partial charge in [0.05, 0.1) is 12.2 Å². The Hall–Kier alpha value is -0.340. The van der Waals surface area contributed by atoms with E-state index in [9.17, 15) is 0 Å². The van der Waals surface area contributed by atoms with Crippen molar-refractivity contribution < 1.29 is 9.78 Å². The van der Waals surface area contributed by atoms with E-state index in [2.05, 4.69) is 20.4 Å². The molecule has 3 rings (SSSR count). The van der Waals surface area contributed by atoms with E-state index in [0.717, 1.165) is 5.92 Å². The highest BCUT2D eigenvalue weighted by Crippen LogP contribution is 2.62. The average molecular weight is 238 g/mol. The van der Waals surface area contributed by atoms with E-state index < -0.39 is 0 Å². The molecule has 3 aliphatic carbocycles. The zero-order chi connectivity index (χ0) is 12.8. The van der Waals surface area contributed by atoms with E-state index in [4.69, 9.17) is 9.78 Å². The Kier molecular flexibility index (Phi) is 3.16. The lowest BCUT2D eigenvalue weighted by Gasteiger charge is -2.60. The predicted octanol–water partition coefficient (Wildman–Crippen LogP) is 3.97. The molecule has 0 aromatic carbocycles. The van der Waals surface area contributed by atoms with Gasteiger partial charge in [-0.2, -0.15) is 0 Å². The van der Waals surface area contributed by atoms with Crippen molar-refractivity contribution in [2.75, 3.05) is 6.61 Å². The van der Waals surface area contributed by atoms with Crippen LogP contribution in [0.3, 0.4) is 0 Å². The Morgan fingerprint density at radius 1 is 1.29 bits per heavy atom. The van der Waals surface area contributed by atoms with Gasteiger partial charge in [0.25, 0.3) is 0 Å². The summed E-state index contributed by atoms with van der Waals surface area (Å²) in [6.07, 6.45) is 2.55. The summed E-state index contributed by atoms with van der Waals surface area (Å²) in [5.41, 5.74) is 1.63. The molecule has 3 saturated carbocycles. The Morgan fingerprint density at radius 2 is 1.94 bits per heavy atom. The maximum Gasteiger partial charge on any atom is 0.0952 e. The summed E-state index contributed by atoms with van der Waals surface area (Å²) in [7, 11) is 0. The molecule has 3 aliphatic rings. The summed E-state index contributed by atoms with van der Waals surface area (Å²) in [5.74, 6) is 2.04. The van der Waals surface area contributed by atoms with Gasteiger partial charge in [-0.1, -0.05) is 26.0 Å². The third-order valence-corrected chi connectivity index (χ3v) is 4.59. The van der Waals surface area contributed by atoms with Gasteiger partial charge in [-0.25, -0.2) is 9.78 Å². The lowest BCUT2D eigenvalue weighted by molar-refractivity contribution is -0.354.